The summed E-state index contributed by atoms with van der Waals surface area (Å²) in [5, 5.41) is 0.172. The van der Waals surface area contributed by atoms with Crippen LogP contribution >= 0.6 is 11.6 Å². The molecule has 5 rings (SSSR count). The molecule has 1 saturated carbocycles. The maximum Gasteiger partial charge on any atom is 0.332 e. The first-order chi connectivity index (χ1) is 14.4. The first-order valence-electron chi connectivity index (χ1n) is 10.0. The highest BCUT2D eigenvalue weighted by Crippen LogP contribution is 2.33. The molecule has 0 amide bonds. The van der Waals surface area contributed by atoms with Crippen molar-refractivity contribution < 1.29 is 4.39 Å². The monoisotopic (exact) mass is 429 g/mol. The average molecular weight is 430 g/mol. The van der Waals surface area contributed by atoms with E-state index in [2.05, 4.69) is 9.55 Å². The normalized spacial score (nSPS) is 15.1. The van der Waals surface area contributed by atoms with E-state index < -0.39 is 17.1 Å². The fourth-order valence-electron chi connectivity index (χ4n) is 4.62. The van der Waals surface area contributed by atoms with E-state index in [0.717, 1.165) is 23.1 Å². The van der Waals surface area contributed by atoms with E-state index >= 15 is 0 Å². The number of rotatable bonds is 3. The lowest BCUT2D eigenvalue weighted by molar-refractivity contribution is 0.520. The largest absolute Gasteiger partial charge is 0.332 e. The van der Waals surface area contributed by atoms with Gasteiger partial charge in [-0.1, -0.05) is 30.5 Å². The number of nitrogens with zero attached hydrogens (tertiary/aromatic N) is 5. The molecule has 0 radical (unpaired) electrons. The molecule has 1 aliphatic rings. The van der Waals surface area contributed by atoms with Gasteiger partial charge < -0.3 is 4.57 Å². The van der Waals surface area contributed by atoms with Gasteiger partial charge >= 0.3 is 5.69 Å². The summed E-state index contributed by atoms with van der Waals surface area (Å²) in [5.41, 5.74) is 0.684. The Morgan fingerprint density at radius 2 is 1.97 bits per heavy atom. The van der Waals surface area contributed by atoms with E-state index in [1.54, 1.807) is 11.4 Å². The van der Waals surface area contributed by atoms with Crippen LogP contribution in [0.3, 0.4) is 0 Å². The van der Waals surface area contributed by atoms with Crippen molar-refractivity contribution in [1.82, 2.24) is 23.1 Å². The highest BCUT2D eigenvalue weighted by molar-refractivity contribution is 6.31. The molecule has 0 spiro atoms. The predicted octanol–water partition coefficient (Wildman–Crippen LogP) is 3.41. The van der Waals surface area contributed by atoms with Crippen LogP contribution in [0.1, 0.15) is 43.0 Å². The molecule has 0 unspecified atom stereocenters. The van der Waals surface area contributed by atoms with Gasteiger partial charge in [-0.05, 0) is 31.9 Å². The first kappa shape index (κ1) is 19.1. The smallest absolute Gasteiger partial charge is 0.311 e. The van der Waals surface area contributed by atoms with E-state index in [-0.39, 0.29) is 17.1 Å². The van der Waals surface area contributed by atoms with Gasteiger partial charge in [-0.3, -0.25) is 18.3 Å². The van der Waals surface area contributed by atoms with Gasteiger partial charge in [0.2, 0.25) is 5.78 Å². The Hall–Kier alpha value is -2.87. The lowest BCUT2D eigenvalue weighted by atomic mass is 10.2. The van der Waals surface area contributed by atoms with Crippen LogP contribution in [-0.2, 0) is 13.6 Å². The summed E-state index contributed by atoms with van der Waals surface area (Å²) in [6.07, 6.45) is 6.37. The van der Waals surface area contributed by atoms with Crippen molar-refractivity contribution in [1.29, 1.82) is 0 Å². The zero-order chi connectivity index (χ0) is 21.2. The third-order valence-corrected chi connectivity index (χ3v) is 6.49. The molecule has 1 aliphatic carbocycles. The van der Waals surface area contributed by atoms with Crippen molar-refractivity contribution in [2.75, 3.05) is 0 Å². The number of aromatic nitrogens is 5. The predicted molar refractivity (Wildman–Crippen MR) is 113 cm³/mol. The number of benzene rings is 1. The Morgan fingerprint density at radius 3 is 2.67 bits per heavy atom. The molecule has 0 bridgehead atoms. The molecular weight excluding hydrogens is 409 g/mol. The molecule has 156 valence electrons. The van der Waals surface area contributed by atoms with E-state index in [0.29, 0.717) is 23.0 Å². The number of aryl methyl sites for hydroxylation is 2. The molecule has 30 heavy (non-hydrogen) atoms. The quantitative estimate of drug-likeness (QED) is 0.501. The maximum atomic E-state index is 14.3. The van der Waals surface area contributed by atoms with E-state index in [1.807, 2.05) is 13.1 Å². The standard InChI is InChI=1S/C21H21ClFN5O2/c1-12-10-26-17-18(24-20(26)28(12)13-6-3-4-7-13)25(2)21(30)27(19(17)29)11-14-15(22)8-5-9-16(14)23/h5,8-10,13H,3-4,6-7,11H2,1-2H3. The van der Waals surface area contributed by atoms with E-state index in [4.69, 9.17) is 11.6 Å². The van der Waals surface area contributed by atoms with Crippen molar-refractivity contribution >= 4 is 28.5 Å². The van der Waals surface area contributed by atoms with Crippen molar-refractivity contribution in [2.24, 2.45) is 7.05 Å². The summed E-state index contributed by atoms with van der Waals surface area (Å²) >= 11 is 6.13. The topological polar surface area (TPSA) is 66.2 Å². The third-order valence-electron chi connectivity index (χ3n) is 6.14. The van der Waals surface area contributed by atoms with E-state index in [9.17, 15) is 14.0 Å². The highest BCUT2D eigenvalue weighted by atomic mass is 35.5. The van der Waals surface area contributed by atoms with Crippen LogP contribution in [0.5, 0.6) is 0 Å². The molecule has 3 heterocycles. The van der Waals surface area contributed by atoms with Crippen LogP contribution in [0, 0.1) is 12.7 Å². The fourth-order valence-corrected chi connectivity index (χ4v) is 4.84. The zero-order valence-electron chi connectivity index (χ0n) is 16.7. The number of imidazole rings is 2. The van der Waals surface area contributed by atoms with E-state index in [1.165, 1.54) is 35.6 Å². The molecule has 3 aromatic heterocycles. The summed E-state index contributed by atoms with van der Waals surface area (Å²) in [6.45, 7) is 1.75. The second kappa shape index (κ2) is 6.84. The second-order valence-electron chi connectivity index (χ2n) is 7.97. The molecule has 0 saturated heterocycles. The van der Waals surface area contributed by atoms with Crippen LogP contribution in [0.4, 0.5) is 4.39 Å². The lowest BCUT2D eigenvalue weighted by Gasteiger charge is -2.13. The van der Waals surface area contributed by atoms with Crippen LogP contribution in [-0.4, -0.2) is 23.1 Å². The number of hydrogen-bond acceptors (Lipinski definition) is 3. The van der Waals surface area contributed by atoms with Crippen LogP contribution < -0.4 is 11.2 Å². The molecular formula is C21H21ClFN5O2. The van der Waals surface area contributed by atoms with Gasteiger partial charge in [-0.2, -0.15) is 4.98 Å². The number of fused-ring (bicyclic) bond motifs is 3. The Balaban J connectivity index is 1.78. The Kier molecular flexibility index (Phi) is 4.36. The van der Waals surface area contributed by atoms with Crippen molar-refractivity contribution in [3.63, 3.8) is 0 Å². The number of halogens is 2. The SMILES string of the molecule is Cc1cn2c3c(=O)n(Cc4c(F)cccc4Cl)c(=O)n(C)c3nc2n1C1CCCC1. The lowest BCUT2D eigenvalue weighted by Crippen LogP contribution is -2.39. The van der Waals surface area contributed by atoms with Gasteiger partial charge in [-0.25, -0.2) is 9.18 Å². The minimum absolute atomic E-state index is 0.109. The van der Waals surface area contributed by atoms with Gasteiger partial charge in [0.05, 0.1) is 6.54 Å². The van der Waals surface area contributed by atoms with Gasteiger partial charge in [-0.15, -0.1) is 0 Å². The highest BCUT2D eigenvalue weighted by Gasteiger charge is 2.25. The van der Waals surface area contributed by atoms with Crippen LogP contribution in [0.25, 0.3) is 16.9 Å². The second-order valence-corrected chi connectivity index (χ2v) is 8.37. The van der Waals surface area contributed by atoms with Crippen molar-refractivity contribution in [3.05, 3.63) is 67.3 Å². The summed E-state index contributed by atoms with van der Waals surface area (Å²) in [4.78, 5) is 31.0. The Morgan fingerprint density at radius 1 is 1.23 bits per heavy atom. The summed E-state index contributed by atoms with van der Waals surface area (Å²) in [5.74, 6) is 0.0985. The Bertz CT molecular complexity index is 1400. The zero-order valence-corrected chi connectivity index (χ0v) is 17.5. The minimum atomic E-state index is -0.559. The molecule has 1 aromatic carbocycles. The molecule has 0 N–H and O–H groups in total. The van der Waals surface area contributed by atoms with Gasteiger partial charge in [0.15, 0.2) is 11.2 Å². The van der Waals surface area contributed by atoms with Gasteiger partial charge in [0, 0.05) is 35.6 Å². The van der Waals surface area contributed by atoms with Crippen LogP contribution in [0.2, 0.25) is 5.02 Å². The molecule has 1 fully saturated rings. The number of hydrogen-bond donors (Lipinski definition) is 0. The first-order valence-corrected chi connectivity index (χ1v) is 10.4. The molecule has 0 aliphatic heterocycles. The van der Waals surface area contributed by atoms with Gasteiger partial charge in [0.25, 0.3) is 5.56 Å². The molecule has 7 nitrogen and oxygen atoms in total. The maximum absolute atomic E-state index is 14.3. The fraction of sp³-hybridized carbons (Fsp3) is 0.381. The van der Waals surface area contributed by atoms with Gasteiger partial charge in [0.1, 0.15) is 5.82 Å². The molecule has 0 atom stereocenters. The van der Waals surface area contributed by atoms with Crippen molar-refractivity contribution in [3.8, 4) is 0 Å². The van der Waals surface area contributed by atoms with Crippen LogP contribution in [0.15, 0.2) is 34.0 Å². The average Bonchev–Trinajstić information content (AvgIpc) is 3.41. The molecule has 4 aromatic rings. The minimum Gasteiger partial charge on any atom is -0.311 e. The summed E-state index contributed by atoms with van der Waals surface area (Å²) < 4.78 is 20.6. The third kappa shape index (κ3) is 2.66. The molecule has 9 heteroatoms. The Labute approximate surface area is 175 Å². The summed E-state index contributed by atoms with van der Waals surface area (Å²) in [6, 6.07) is 4.63. The summed E-state index contributed by atoms with van der Waals surface area (Å²) in [7, 11) is 1.57. The van der Waals surface area contributed by atoms with Crippen molar-refractivity contribution in [2.45, 2.75) is 45.2 Å².